The second-order valence-corrected chi connectivity index (χ2v) is 11.6. The van der Waals surface area contributed by atoms with Crippen LogP contribution in [0.1, 0.15) is 51.9 Å². The van der Waals surface area contributed by atoms with Gasteiger partial charge < -0.3 is 77.1 Å². The number of carboxylic acids is 1. The minimum atomic E-state index is -1.86. The topological polar surface area (TPSA) is 475 Å². The first-order chi connectivity index (χ1) is 25.1. The quantitative estimate of drug-likeness (QED) is 0.0221. The zero-order valence-electron chi connectivity index (χ0n) is 29.3. The molecule has 21 N–H and O–H groups in total. The largest absolute Gasteiger partial charge is 0.480 e. The van der Waals surface area contributed by atoms with Gasteiger partial charge in [-0.1, -0.05) is 0 Å². The Morgan fingerprint density at radius 3 is 1.33 bits per heavy atom. The average molecular weight is 773 g/mol. The van der Waals surface area contributed by atoms with E-state index < -0.39 is 127 Å². The molecule has 0 bridgehead atoms. The average Bonchev–Trinajstić information content (AvgIpc) is 3.05. The number of aliphatic carboxylic acids is 1. The molecule has 0 fully saturated rings. The number of hydrogen-bond donors (Lipinski definition) is 14. The van der Waals surface area contributed by atoms with Gasteiger partial charge in [-0.25, -0.2) is 4.79 Å². The second kappa shape index (κ2) is 23.8. The van der Waals surface area contributed by atoms with Gasteiger partial charge in [0, 0.05) is 13.0 Å². The van der Waals surface area contributed by atoms with Gasteiger partial charge in [0.1, 0.15) is 36.3 Å². The highest BCUT2D eigenvalue weighted by atomic mass is 16.4. The smallest absolute Gasteiger partial charge is 0.326 e. The molecule has 0 saturated carbocycles. The fourth-order valence-electron chi connectivity index (χ4n) is 4.29. The van der Waals surface area contributed by atoms with Crippen molar-refractivity contribution in [2.75, 3.05) is 13.1 Å². The van der Waals surface area contributed by atoms with E-state index in [9.17, 15) is 57.8 Å². The summed E-state index contributed by atoms with van der Waals surface area (Å²) in [5.74, 6) is -12.5. The molecule has 0 saturated heterocycles. The van der Waals surface area contributed by atoms with Gasteiger partial charge >= 0.3 is 5.97 Å². The predicted octanol–water partition coefficient (Wildman–Crippen LogP) is -9.10. The summed E-state index contributed by atoms with van der Waals surface area (Å²) < 4.78 is 0. The molecule has 0 rings (SSSR count). The number of carbonyl (C=O) groups is 11. The van der Waals surface area contributed by atoms with Crippen molar-refractivity contribution in [3.05, 3.63) is 0 Å². The van der Waals surface area contributed by atoms with Crippen LogP contribution in [-0.2, 0) is 52.7 Å². The third-order valence-electron chi connectivity index (χ3n) is 6.94. The van der Waals surface area contributed by atoms with Crippen molar-refractivity contribution in [2.24, 2.45) is 45.1 Å². The van der Waals surface area contributed by atoms with Crippen LogP contribution in [0.5, 0.6) is 0 Å². The summed E-state index contributed by atoms with van der Waals surface area (Å²) in [4.78, 5) is 139. The lowest BCUT2D eigenvalue weighted by molar-refractivity contribution is -0.142. The Morgan fingerprint density at radius 2 is 0.944 bits per heavy atom. The van der Waals surface area contributed by atoms with Crippen LogP contribution < -0.4 is 72.0 Å². The number of nitrogens with zero attached hydrogens (tertiary/aromatic N) is 1. The number of amides is 10. The van der Waals surface area contributed by atoms with Crippen LogP contribution in [-0.4, -0.2) is 125 Å². The maximum absolute atomic E-state index is 13.4. The van der Waals surface area contributed by atoms with Crippen LogP contribution in [0.25, 0.3) is 0 Å². The van der Waals surface area contributed by atoms with E-state index in [-0.39, 0.29) is 38.2 Å². The number of guanidine groups is 1. The van der Waals surface area contributed by atoms with Crippen LogP contribution in [0.3, 0.4) is 0 Å². The minimum absolute atomic E-state index is 0.0395. The molecule has 54 heavy (non-hydrogen) atoms. The lowest BCUT2D eigenvalue weighted by Crippen LogP contribution is -2.60. The van der Waals surface area contributed by atoms with Crippen molar-refractivity contribution in [3.8, 4) is 0 Å². The first-order valence-corrected chi connectivity index (χ1v) is 16.0. The molecule has 26 nitrogen and oxygen atoms in total. The number of primary amides is 4. The number of aliphatic imine (C=N–C) groups is 1. The van der Waals surface area contributed by atoms with Gasteiger partial charge in [0.15, 0.2) is 5.96 Å². The third kappa shape index (κ3) is 19.7. The monoisotopic (exact) mass is 772 g/mol. The normalized spacial score (nSPS) is 13.8. The molecule has 6 atom stereocenters. The lowest BCUT2D eigenvalue weighted by Gasteiger charge is -2.26. The molecular formula is C28H48N14O12. The van der Waals surface area contributed by atoms with Crippen LogP contribution in [0.2, 0.25) is 0 Å². The van der Waals surface area contributed by atoms with Crippen molar-refractivity contribution in [2.45, 2.75) is 88.1 Å². The predicted molar refractivity (Wildman–Crippen MR) is 184 cm³/mol. The van der Waals surface area contributed by atoms with Crippen LogP contribution in [0.4, 0.5) is 0 Å². The summed E-state index contributed by atoms with van der Waals surface area (Å²) in [7, 11) is 0. The number of carbonyl (C=O) groups excluding carboxylic acids is 10. The molecule has 0 heterocycles. The number of hydrogen-bond acceptors (Lipinski definition) is 13. The second-order valence-electron chi connectivity index (χ2n) is 11.6. The number of rotatable bonds is 26. The molecule has 0 aliphatic heterocycles. The summed E-state index contributed by atoms with van der Waals surface area (Å²) in [6.07, 6.45) is -3.44. The highest BCUT2D eigenvalue weighted by Crippen LogP contribution is 2.05. The number of carboxylic acid groups (broad SMARTS) is 1. The van der Waals surface area contributed by atoms with Crippen molar-refractivity contribution < 1.29 is 57.8 Å². The van der Waals surface area contributed by atoms with E-state index in [0.717, 1.165) is 0 Å². The molecule has 0 aromatic heterocycles. The van der Waals surface area contributed by atoms with E-state index in [2.05, 4.69) is 36.9 Å². The Balaban J connectivity index is 6.23. The zero-order chi connectivity index (χ0) is 41.7. The van der Waals surface area contributed by atoms with Crippen LogP contribution >= 0.6 is 0 Å². The van der Waals surface area contributed by atoms with Crippen molar-refractivity contribution in [1.82, 2.24) is 31.9 Å². The number of nitrogens with two attached hydrogens (primary N) is 7. The molecule has 0 radical (unpaired) electrons. The van der Waals surface area contributed by atoms with Gasteiger partial charge in [0.2, 0.25) is 59.1 Å². The van der Waals surface area contributed by atoms with Crippen molar-refractivity contribution in [1.29, 1.82) is 0 Å². The number of nitrogens with one attached hydrogen (secondary N) is 6. The summed E-state index contributed by atoms with van der Waals surface area (Å²) in [5.41, 5.74) is 36.5. The van der Waals surface area contributed by atoms with E-state index in [4.69, 9.17) is 40.1 Å². The molecule has 0 aliphatic rings. The molecule has 0 aromatic carbocycles. The zero-order valence-corrected chi connectivity index (χ0v) is 29.3. The van der Waals surface area contributed by atoms with E-state index in [1.165, 1.54) is 6.92 Å². The third-order valence-corrected chi connectivity index (χ3v) is 6.94. The van der Waals surface area contributed by atoms with Gasteiger partial charge in [-0.15, -0.1) is 0 Å². The summed E-state index contributed by atoms with van der Waals surface area (Å²) >= 11 is 0. The summed E-state index contributed by atoms with van der Waals surface area (Å²) in [6.45, 7) is 0.536. The first-order valence-electron chi connectivity index (χ1n) is 16.0. The molecule has 0 unspecified atom stereocenters. The molecule has 0 aromatic rings. The van der Waals surface area contributed by atoms with E-state index >= 15 is 0 Å². The molecule has 26 heteroatoms. The summed E-state index contributed by atoms with van der Waals surface area (Å²) in [5, 5.41) is 22.4. The molecular weight excluding hydrogens is 724 g/mol. The highest BCUT2D eigenvalue weighted by Gasteiger charge is 2.34. The molecule has 0 spiro atoms. The fraction of sp³-hybridized carbons (Fsp3) is 0.571. The lowest BCUT2D eigenvalue weighted by atomic mass is 10.1. The SMILES string of the molecule is C[C@H](NC(=O)[C@H](CCCN=C(N)N)NC(=O)[C@H](CC(N)=O)NC(=O)[C@H](CC(N)=O)NC(=O)[C@H](CC(N)=O)NC(=O)CN)C(=O)N[C@@H](CCC(N)=O)C(=O)O. The Hall–Kier alpha value is -6.60. The van der Waals surface area contributed by atoms with E-state index in [1.807, 2.05) is 0 Å². The Bertz CT molecular complexity index is 1470. The van der Waals surface area contributed by atoms with Gasteiger partial charge in [-0.05, 0) is 26.2 Å². The van der Waals surface area contributed by atoms with Crippen LogP contribution in [0.15, 0.2) is 4.99 Å². The maximum Gasteiger partial charge on any atom is 0.326 e. The fourth-order valence-corrected chi connectivity index (χ4v) is 4.29. The maximum atomic E-state index is 13.4. The minimum Gasteiger partial charge on any atom is -0.480 e. The molecule has 10 amide bonds. The summed E-state index contributed by atoms with van der Waals surface area (Å²) in [6, 6.07) is -9.87. The van der Waals surface area contributed by atoms with Crippen LogP contribution in [0, 0.1) is 0 Å². The van der Waals surface area contributed by atoms with E-state index in [0.29, 0.717) is 0 Å². The van der Waals surface area contributed by atoms with Crippen molar-refractivity contribution >= 4 is 71.0 Å². The Morgan fingerprint density at radius 1 is 0.537 bits per heavy atom. The highest BCUT2D eigenvalue weighted by molar-refractivity contribution is 6.00. The van der Waals surface area contributed by atoms with E-state index in [1.54, 1.807) is 0 Å². The molecule has 0 aliphatic carbocycles. The Kier molecular flexibility index (Phi) is 20.9. The molecule has 302 valence electrons. The first kappa shape index (κ1) is 47.4. The standard InChI is InChI=1S/C28H48N14O12/c1-11(22(48)40-13(27(53)54)4-5-17(30)43)37-23(49)12(3-2-6-36-28(34)35)39-25(51)15(8-19(32)45)42-26(52)16(9-20(33)46)41-24(50)14(7-18(31)44)38-21(47)10-29/h11-16H,2-10,29H2,1H3,(H2,30,43)(H2,31,44)(H2,32,45)(H2,33,46)(H,37,49)(H,38,47)(H,39,51)(H,40,48)(H,41,50)(H,42,52)(H,53,54)(H4,34,35,36)/t11-,12-,13-,14-,15-,16-/m0/s1. The van der Waals surface area contributed by atoms with Gasteiger partial charge in [0.25, 0.3) is 0 Å². The van der Waals surface area contributed by atoms with Gasteiger partial charge in [-0.3, -0.25) is 52.9 Å². The van der Waals surface area contributed by atoms with Gasteiger partial charge in [-0.2, -0.15) is 0 Å². The Labute approximate surface area is 307 Å². The van der Waals surface area contributed by atoms with Gasteiger partial charge in [0.05, 0.1) is 25.8 Å². The van der Waals surface area contributed by atoms with Crippen molar-refractivity contribution in [3.63, 3.8) is 0 Å².